The molecule has 2 heterocycles. The first-order valence-corrected chi connectivity index (χ1v) is 7.08. The van der Waals surface area contributed by atoms with Crippen molar-refractivity contribution in [3.05, 3.63) is 21.9 Å². The lowest BCUT2D eigenvalue weighted by molar-refractivity contribution is 0.141. The molecule has 1 aliphatic rings. The Morgan fingerprint density at radius 1 is 1.44 bits per heavy atom. The van der Waals surface area contributed by atoms with Crippen molar-refractivity contribution < 1.29 is 0 Å². The van der Waals surface area contributed by atoms with E-state index in [1.807, 2.05) is 11.3 Å². The Hall–Kier alpha value is -0.380. The van der Waals surface area contributed by atoms with E-state index >= 15 is 0 Å². The normalized spacial score (nSPS) is 27.2. The third-order valence-corrected chi connectivity index (χ3v) is 4.69. The summed E-state index contributed by atoms with van der Waals surface area (Å²) in [5.41, 5.74) is 5.98. The fraction of sp³-hybridized carbons (Fsp3) is 0.692. The van der Waals surface area contributed by atoms with Crippen molar-refractivity contribution in [3.8, 4) is 0 Å². The summed E-state index contributed by atoms with van der Waals surface area (Å²) in [6.45, 7) is 6.78. The van der Waals surface area contributed by atoms with Crippen LogP contribution in [0.25, 0.3) is 0 Å². The van der Waals surface area contributed by atoms with E-state index in [4.69, 9.17) is 5.73 Å². The predicted molar refractivity (Wildman–Crippen MR) is 70.8 cm³/mol. The van der Waals surface area contributed by atoms with Crippen LogP contribution in [0, 0.1) is 0 Å². The fourth-order valence-electron chi connectivity index (χ4n) is 2.39. The molecule has 0 saturated carbocycles. The molecule has 1 fully saturated rings. The second-order valence-electron chi connectivity index (χ2n) is 4.83. The maximum absolute atomic E-state index is 5.98. The van der Waals surface area contributed by atoms with Gasteiger partial charge in [-0.05, 0) is 38.3 Å². The highest BCUT2D eigenvalue weighted by Crippen LogP contribution is 2.23. The van der Waals surface area contributed by atoms with Gasteiger partial charge in [0, 0.05) is 34.9 Å². The van der Waals surface area contributed by atoms with Gasteiger partial charge in [-0.3, -0.25) is 4.90 Å². The maximum atomic E-state index is 5.98. The molecule has 3 heteroatoms. The molecule has 2 unspecified atom stereocenters. The molecule has 0 amide bonds. The monoisotopic (exact) mass is 238 g/mol. The number of aryl methyl sites for hydroxylation is 1. The number of rotatable bonds is 3. The molecule has 16 heavy (non-hydrogen) atoms. The lowest BCUT2D eigenvalue weighted by atomic mass is 9.99. The molecule has 2 N–H and O–H groups in total. The van der Waals surface area contributed by atoms with Crippen LogP contribution in [0.1, 0.15) is 36.4 Å². The van der Waals surface area contributed by atoms with Gasteiger partial charge in [-0.2, -0.15) is 0 Å². The van der Waals surface area contributed by atoms with E-state index in [2.05, 4.69) is 30.9 Å². The molecule has 0 spiro atoms. The fourth-order valence-corrected chi connectivity index (χ4v) is 3.37. The summed E-state index contributed by atoms with van der Waals surface area (Å²) < 4.78 is 0. The molecule has 2 atom stereocenters. The molecule has 90 valence electrons. The molecule has 0 aromatic carbocycles. The van der Waals surface area contributed by atoms with Crippen molar-refractivity contribution >= 4 is 11.3 Å². The van der Waals surface area contributed by atoms with Crippen molar-refractivity contribution in [1.82, 2.24) is 4.90 Å². The van der Waals surface area contributed by atoms with Gasteiger partial charge in [0.25, 0.3) is 0 Å². The van der Waals surface area contributed by atoms with Gasteiger partial charge in [0.15, 0.2) is 0 Å². The van der Waals surface area contributed by atoms with Gasteiger partial charge in [0.2, 0.25) is 0 Å². The first-order valence-electron chi connectivity index (χ1n) is 6.26. The minimum absolute atomic E-state index is 0.417. The third kappa shape index (κ3) is 2.84. The average molecular weight is 238 g/mol. The second-order valence-corrected chi connectivity index (χ2v) is 6.08. The van der Waals surface area contributed by atoms with E-state index in [0.29, 0.717) is 12.1 Å². The summed E-state index contributed by atoms with van der Waals surface area (Å²) in [6, 6.07) is 5.60. The first kappa shape index (κ1) is 12.1. The number of nitrogens with two attached hydrogens (primary N) is 1. The Kier molecular flexibility index (Phi) is 4.00. The Morgan fingerprint density at radius 3 is 2.81 bits per heavy atom. The van der Waals surface area contributed by atoms with E-state index in [0.717, 1.165) is 32.4 Å². The van der Waals surface area contributed by atoms with Crippen LogP contribution in [0.4, 0.5) is 0 Å². The Labute approximate surface area is 102 Å². The van der Waals surface area contributed by atoms with Gasteiger partial charge in [-0.25, -0.2) is 0 Å². The molecule has 0 radical (unpaired) electrons. The summed E-state index contributed by atoms with van der Waals surface area (Å²) in [7, 11) is 0. The van der Waals surface area contributed by atoms with Gasteiger partial charge in [-0.1, -0.05) is 6.92 Å². The van der Waals surface area contributed by atoms with Gasteiger partial charge in [-0.15, -0.1) is 11.3 Å². The molecule has 0 bridgehead atoms. The summed E-state index contributed by atoms with van der Waals surface area (Å²) in [6.07, 6.45) is 3.45. The standard InChI is InChI=1S/C13H22N2S/c1-3-12-4-5-13(16-12)9-15-7-6-11(14)8-10(15)2/h4-5,10-11H,3,6-9,14H2,1-2H3. The minimum atomic E-state index is 0.417. The topological polar surface area (TPSA) is 29.3 Å². The summed E-state index contributed by atoms with van der Waals surface area (Å²) in [4.78, 5) is 5.56. The average Bonchev–Trinajstić information content (AvgIpc) is 2.70. The van der Waals surface area contributed by atoms with Crippen molar-refractivity contribution in [2.75, 3.05) is 6.54 Å². The van der Waals surface area contributed by atoms with E-state index in [9.17, 15) is 0 Å². The Morgan fingerprint density at radius 2 is 2.19 bits per heavy atom. The Bertz CT molecular complexity index is 334. The van der Waals surface area contributed by atoms with E-state index in [1.54, 1.807) is 0 Å². The quantitative estimate of drug-likeness (QED) is 0.877. The summed E-state index contributed by atoms with van der Waals surface area (Å²) in [5.74, 6) is 0. The van der Waals surface area contributed by atoms with Crippen LogP contribution in [0.15, 0.2) is 12.1 Å². The molecular formula is C13H22N2S. The number of hydrogen-bond acceptors (Lipinski definition) is 3. The number of hydrogen-bond donors (Lipinski definition) is 1. The van der Waals surface area contributed by atoms with Crippen molar-refractivity contribution in [2.24, 2.45) is 5.73 Å². The molecule has 0 aliphatic carbocycles. The van der Waals surface area contributed by atoms with Crippen LogP contribution in [-0.2, 0) is 13.0 Å². The number of nitrogens with zero attached hydrogens (tertiary/aromatic N) is 1. The largest absolute Gasteiger partial charge is 0.328 e. The molecule has 1 aromatic rings. The van der Waals surface area contributed by atoms with E-state index in [1.165, 1.54) is 9.75 Å². The smallest absolute Gasteiger partial charge is 0.0330 e. The molecule has 1 aromatic heterocycles. The lowest BCUT2D eigenvalue weighted by Crippen LogP contribution is -2.44. The molecule has 1 aliphatic heterocycles. The molecule has 1 saturated heterocycles. The van der Waals surface area contributed by atoms with Crippen LogP contribution in [-0.4, -0.2) is 23.5 Å². The van der Waals surface area contributed by atoms with Crippen LogP contribution >= 0.6 is 11.3 Å². The van der Waals surface area contributed by atoms with Gasteiger partial charge in [0.05, 0.1) is 0 Å². The molecule has 2 rings (SSSR count). The highest BCUT2D eigenvalue weighted by Gasteiger charge is 2.23. The first-order chi connectivity index (χ1) is 7.69. The van der Waals surface area contributed by atoms with Crippen LogP contribution in [0.3, 0.4) is 0 Å². The number of thiophene rings is 1. The SMILES string of the molecule is CCc1ccc(CN2CCC(N)CC2C)s1. The van der Waals surface area contributed by atoms with Gasteiger partial charge >= 0.3 is 0 Å². The second kappa shape index (κ2) is 5.30. The molecular weight excluding hydrogens is 216 g/mol. The van der Waals surface area contributed by atoms with Crippen molar-refractivity contribution in [2.45, 2.75) is 51.7 Å². The van der Waals surface area contributed by atoms with Crippen LogP contribution < -0.4 is 5.73 Å². The van der Waals surface area contributed by atoms with E-state index in [-0.39, 0.29) is 0 Å². The third-order valence-electron chi connectivity index (χ3n) is 3.48. The zero-order chi connectivity index (χ0) is 11.5. The maximum Gasteiger partial charge on any atom is 0.0330 e. The highest BCUT2D eigenvalue weighted by molar-refractivity contribution is 7.11. The summed E-state index contributed by atoms with van der Waals surface area (Å²) >= 11 is 1.96. The minimum Gasteiger partial charge on any atom is -0.328 e. The summed E-state index contributed by atoms with van der Waals surface area (Å²) in [5, 5.41) is 0. The van der Waals surface area contributed by atoms with Gasteiger partial charge < -0.3 is 5.73 Å². The number of piperidine rings is 1. The van der Waals surface area contributed by atoms with Gasteiger partial charge in [0.1, 0.15) is 0 Å². The predicted octanol–water partition coefficient (Wildman–Crippen LogP) is 2.62. The number of likely N-dealkylation sites (tertiary alicyclic amines) is 1. The zero-order valence-corrected chi connectivity index (χ0v) is 11.1. The zero-order valence-electron chi connectivity index (χ0n) is 10.3. The lowest BCUT2D eigenvalue weighted by Gasteiger charge is -2.36. The van der Waals surface area contributed by atoms with Crippen LogP contribution in [0.2, 0.25) is 0 Å². The highest BCUT2D eigenvalue weighted by atomic mass is 32.1. The van der Waals surface area contributed by atoms with Crippen molar-refractivity contribution in [3.63, 3.8) is 0 Å². The van der Waals surface area contributed by atoms with Crippen LogP contribution in [0.5, 0.6) is 0 Å². The van der Waals surface area contributed by atoms with Crippen molar-refractivity contribution in [1.29, 1.82) is 0 Å². The Balaban J connectivity index is 1.93. The molecule has 2 nitrogen and oxygen atoms in total. The van der Waals surface area contributed by atoms with E-state index < -0.39 is 0 Å².